The Kier molecular flexibility index (Phi) is 6.39. The van der Waals surface area contributed by atoms with Crippen LogP contribution in [-0.2, 0) is 17.6 Å². The van der Waals surface area contributed by atoms with E-state index in [1.54, 1.807) is 0 Å². The first-order valence-electron chi connectivity index (χ1n) is 9.18. The second-order valence-electron chi connectivity index (χ2n) is 8.01. The van der Waals surface area contributed by atoms with E-state index in [1.165, 1.54) is 11.1 Å². The second kappa shape index (κ2) is 7.96. The van der Waals surface area contributed by atoms with E-state index in [4.69, 9.17) is 16.3 Å². The van der Waals surface area contributed by atoms with Gasteiger partial charge in [-0.05, 0) is 69.7 Å². The molecule has 1 atom stereocenters. The van der Waals surface area contributed by atoms with Crippen molar-refractivity contribution in [2.24, 2.45) is 0 Å². The van der Waals surface area contributed by atoms with Crippen LogP contribution in [0.3, 0.4) is 0 Å². The number of hydrogen-bond donors (Lipinski definition) is 2. The van der Waals surface area contributed by atoms with E-state index >= 15 is 0 Å². The molecule has 1 aliphatic carbocycles. The second-order valence-corrected chi connectivity index (χ2v) is 8.45. The number of carbonyl (C=O) groups is 1. The molecule has 1 amide bonds. The summed E-state index contributed by atoms with van der Waals surface area (Å²) in [5.41, 5.74) is 1.90. The highest BCUT2D eigenvalue weighted by molar-refractivity contribution is 6.30. The third-order valence-corrected chi connectivity index (χ3v) is 5.18. The molecule has 0 heterocycles. The number of alkyl carbamates (subject to hydrolysis) is 1. The molecular formula is C20H31ClN2O2. The molecular weight excluding hydrogens is 336 g/mol. The maximum Gasteiger partial charge on any atom is 0.408 e. The fraction of sp³-hybridized carbons (Fsp3) is 0.650. The van der Waals surface area contributed by atoms with Crippen LogP contribution in [0.15, 0.2) is 18.2 Å². The number of ether oxygens (including phenoxy) is 1. The third-order valence-electron chi connectivity index (χ3n) is 4.95. The Morgan fingerprint density at radius 1 is 1.20 bits per heavy atom. The van der Waals surface area contributed by atoms with Crippen molar-refractivity contribution < 1.29 is 9.53 Å². The molecule has 0 spiro atoms. The van der Waals surface area contributed by atoms with E-state index in [0.717, 1.165) is 37.3 Å². The first-order chi connectivity index (χ1) is 11.7. The average Bonchev–Trinajstić information content (AvgIpc) is 2.91. The Hall–Kier alpha value is -1.26. The van der Waals surface area contributed by atoms with Crippen molar-refractivity contribution in [3.8, 4) is 0 Å². The number of rotatable bonds is 6. The van der Waals surface area contributed by atoms with Gasteiger partial charge in [0.2, 0.25) is 0 Å². The molecule has 0 radical (unpaired) electrons. The molecule has 0 bridgehead atoms. The minimum atomic E-state index is -0.489. The highest BCUT2D eigenvalue weighted by atomic mass is 35.5. The highest BCUT2D eigenvalue weighted by Gasteiger charge is 2.32. The first kappa shape index (κ1) is 20.1. The van der Waals surface area contributed by atoms with Crippen LogP contribution in [0, 0.1) is 0 Å². The van der Waals surface area contributed by atoms with Crippen molar-refractivity contribution >= 4 is 17.7 Å². The monoisotopic (exact) mass is 366 g/mol. The lowest BCUT2D eigenvalue weighted by atomic mass is 9.92. The summed E-state index contributed by atoms with van der Waals surface area (Å²) in [4.78, 5) is 12.2. The van der Waals surface area contributed by atoms with Gasteiger partial charge in [0, 0.05) is 17.6 Å². The highest BCUT2D eigenvalue weighted by Crippen LogP contribution is 2.26. The molecule has 2 N–H and O–H groups in total. The molecule has 0 saturated carbocycles. The molecule has 140 valence electrons. The zero-order chi connectivity index (χ0) is 18.7. The van der Waals surface area contributed by atoms with E-state index in [0.29, 0.717) is 6.04 Å². The van der Waals surface area contributed by atoms with Gasteiger partial charge in [0.15, 0.2) is 0 Å². The van der Waals surface area contributed by atoms with Crippen molar-refractivity contribution in [1.29, 1.82) is 0 Å². The summed E-state index contributed by atoms with van der Waals surface area (Å²) in [7, 11) is 0. The lowest BCUT2D eigenvalue weighted by Crippen LogP contribution is -2.56. The molecule has 0 saturated heterocycles. The fourth-order valence-electron chi connectivity index (χ4n) is 3.31. The summed E-state index contributed by atoms with van der Waals surface area (Å²) in [6.07, 6.45) is 3.33. The Morgan fingerprint density at radius 2 is 1.84 bits per heavy atom. The molecule has 4 nitrogen and oxygen atoms in total. The zero-order valence-electron chi connectivity index (χ0n) is 16.0. The number of hydrogen-bond acceptors (Lipinski definition) is 3. The quantitative estimate of drug-likeness (QED) is 0.780. The number of nitrogens with one attached hydrogen (secondary N) is 2. The zero-order valence-corrected chi connectivity index (χ0v) is 16.8. The SMILES string of the molecule is CCC(CC)(CNC1Cc2ccc(Cl)cc2C1)NC(=O)OC(C)(C)C. The molecule has 1 unspecified atom stereocenters. The predicted octanol–water partition coefficient (Wildman–Crippen LogP) is 4.48. The smallest absolute Gasteiger partial charge is 0.408 e. The van der Waals surface area contributed by atoms with Gasteiger partial charge in [0.05, 0.1) is 5.54 Å². The fourth-order valence-corrected chi connectivity index (χ4v) is 3.51. The summed E-state index contributed by atoms with van der Waals surface area (Å²) >= 11 is 6.09. The van der Waals surface area contributed by atoms with Crippen LogP contribution < -0.4 is 10.6 Å². The minimum Gasteiger partial charge on any atom is -0.444 e. The predicted molar refractivity (Wildman–Crippen MR) is 103 cm³/mol. The van der Waals surface area contributed by atoms with Crippen LogP contribution in [-0.4, -0.2) is 29.8 Å². The maximum atomic E-state index is 12.2. The van der Waals surface area contributed by atoms with Gasteiger partial charge < -0.3 is 15.4 Å². The first-order valence-corrected chi connectivity index (χ1v) is 9.56. The molecule has 1 aromatic rings. The molecule has 0 fully saturated rings. The Labute approximate surface area is 156 Å². The van der Waals surface area contributed by atoms with Crippen LogP contribution in [0.1, 0.15) is 58.6 Å². The number of carbonyl (C=O) groups excluding carboxylic acids is 1. The van der Waals surface area contributed by atoms with Gasteiger partial charge in [-0.2, -0.15) is 0 Å². The van der Waals surface area contributed by atoms with Crippen LogP contribution in [0.25, 0.3) is 0 Å². The maximum absolute atomic E-state index is 12.2. The Balaban J connectivity index is 1.94. The van der Waals surface area contributed by atoms with E-state index in [1.807, 2.05) is 26.8 Å². The van der Waals surface area contributed by atoms with Crippen LogP contribution in [0.2, 0.25) is 5.02 Å². The van der Waals surface area contributed by atoms with E-state index < -0.39 is 5.60 Å². The van der Waals surface area contributed by atoms with Crippen molar-refractivity contribution in [1.82, 2.24) is 10.6 Å². The minimum absolute atomic E-state index is 0.297. The van der Waals surface area contributed by atoms with Crippen LogP contribution in [0.5, 0.6) is 0 Å². The lowest BCUT2D eigenvalue weighted by molar-refractivity contribution is 0.0444. The summed E-state index contributed by atoms with van der Waals surface area (Å²) in [5.74, 6) is 0. The molecule has 1 aliphatic rings. The number of halogens is 1. The van der Waals surface area contributed by atoms with Gasteiger partial charge in [-0.3, -0.25) is 0 Å². The molecule has 0 aliphatic heterocycles. The van der Waals surface area contributed by atoms with Crippen LogP contribution in [0.4, 0.5) is 4.79 Å². The molecule has 5 heteroatoms. The summed E-state index contributed by atoms with van der Waals surface area (Å²) in [5, 5.41) is 7.54. The van der Waals surface area contributed by atoms with Crippen molar-refractivity contribution in [3.63, 3.8) is 0 Å². The Morgan fingerprint density at radius 3 is 2.44 bits per heavy atom. The van der Waals surface area contributed by atoms with Gasteiger partial charge in [-0.1, -0.05) is 31.5 Å². The Bertz CT molecular complexity index is 606. The molecule has 2 rings (SSSR count). The summed E-state index contributed by atoms with van der Waals surface area (Å²) < 4.78 is 5.44. The average molecular weight is 367 g/mol. The van der Waals surface area contributed by atoms with E-state index in [-0.39, 0.29) is 11.6 Å². The van der Waals surface area contributed by atoms with Crippen molar-refractivity contribution in [3.05, 3.63) is 34.3 Å². The van der Waals surface area contributed by atoms with Gasteiger partial charge >= 0.3 is 6.09 Å². The summed E-state index contributed by atoms with van der Waals surface area (Å²) in [6.45, 7) is 10.6. The van der Waals surface area contributed by atoms with Gasteiger partial charge in [0.25, 0.3) is 0 Å². The van der Waals surface area contributed by atoms with E-state index in [2.05, 4.69) is 36.6 Å². The van der Waals surface area contributed by atoms with Crippen molar-refractivity contribution in [2.75, 3.05) is 6.54 Å². The van der Waals surface area contributed by atoms with Gasteiger partial charge in [-0.15, -0.1) is 0 Å². The molecule has 0 aromatic heterocycles. The largest absolute Gasteiger partial charge is 0.444 e. The molecule has 1 aromatic carbocycles. The number of fused-ring (bicyclic) bond motifs is 1. The third kappa shape index (κ3) is 5.61. The van der Waals surface area contributed by atoms with Gasteiger partial charge in [-0.25, -0.2) is 4.79 Å². The normalized spacial score (nSPS) is 17.3. The van der Waals surface area contributed by atoms with Crippen molar-refractivity contribution in [2.45, 2.75) is 77.5 Å². The topological polar surface area (TPSA) is 50.4 Å². The van der Waals surface area contributed by atoms with Gasteiger partial charge in [0.1, 0.15) is 5.60 Å². The number of amides is 1. The lowest BCUT2D eigenvalue weighted by Gasteiger charge is -2.35. The number of benzene rings is 1. The standard InChI is InChI=1S/C20H31ClN2O2/c1-6-20(7-2,23-18(24)25-19(3,4)5)13-22-17-11-14-8-9-16(21)10-15(14)12-17/h8-10,17,22H,6-7,11-13H2,1-5H3,(H,23,24). The summed E-state index contributed by atoms with van der Waals surface area (Å²) in [6, 6.07) is 6.51. The molecule has 25 heavy (non-hydrogen) atoms. The van der Waals surface area contributed by atoms with Crippen LogP contribution >= 0.6 is 11.6 Å². The van der Waals surface area contributed by atoms with E-state index in [9.17, 15) is 4.79 Å².